The van der Waals surface area contributed by atoms with Crippen molar-refractivity contribution in [3.8, 4) is 0 Å². The van der Waals surface area contributed by atoms with Gasteiger partial charge in [-0.2, -0.15) is 0 Å². The standard InChI is InChI=1S/C11H14O3/c1-3-14-8-5-7-4-6(2)9(8)11(13)10(7)12/h4,7-9H,3,5H2,1-2H3/t7-,8-,9+/m1/s1. The van der Waals surface area contributed by atoms with Gasteiger partial charge in [0.05, 0.1) is 12.0 Å². The minimum absolute atomic E-state index is 0.0693. The van der Waals surface area contributed by atoms with Gasteiger partial charge in [0.2, 0.25) is 11.6 Å². The van der Waals surface area contributed by atoms with Gasteiger partial charge in [-0.25, -0.2) is 0 Å². The predicted octanol–water partition coefficient (Wildman–Crippen LogP) is 1.13. The summed E-state index contributed by atoms with van der Waals surface area (Å²) in [6, 6.07) is 0. The number of rotatable bonds is 2. The number of carbonyl (C=O) groups is 2. The van der Waals surface area contributed by atoms with Crippen molar-refractivity contribution < 1.29 is 14.3 Å². The lowest BCUT2D eigenvalue weighted by atomic mass is 9.68. The van der Waals surface area contributed by atoms with Crippen LogP contribution in [0.1, 0.15) is 20.3 Å². The fourth-order valence-corrected chi connectivity index (χ4v) is 2.44. The molecule has 76 valence electrons. The summed E-state index contributed by atoms with van der Waals surface area (Å²) >= 11 is 0. The topological polar surface area (TPSA) is 43.4 Å². The summed E-state index contributed by atoms with van der Waals surface area (Å²) in [4.78, 5) is 23.0. The second kappa shape index (κ2) is 3.31. The number of Topliss-reactive ketones (excluding diaryl/α,β-unsaturated/α-hetero) is 2. The van der Waals surface area contributed by atoms with Gasteiger partial charge >= 0.3 is 0 Å². The van der Waals surface area contributed by atoms with E-state index < -0.39 is 0 Å². The van der Waals surface area contributed by atoms with Crippen molar-refractivity contribution >= 4 is 11.6 Å². The maximum atomic E-state index is 11.6. The normalized spacial score (nSPS) is 36.1. The summed E-state index contributed by atoms with van der Waals surface area (Å²) < 4.78 is 5.49. The van der Waals surface area contributed by atoms with Crippen molar-refractivity contribution in [1.82, 2.24) is 0 Å². The average molecular weight is 194 g/mol. The van der Waals surface area contributed by atoms with E-state index >= 15 is 0 Å². The minimum atomic E-state index is -0.299. The van der Waals surface area contributed by atoms with Crippen LogP contribution in [0, 0.1) is 11.8 Å². The quantitative estimate of drug-likeness (QED) is 0.489. The SMILES string of the molecule is CCO[C@@H]1C[C@H]2C=C(C)[C@@H]1C(=O)C2=O. The van der Waals surface area contributed by atoms with Gasteiger partial charge in [0, 0.05) is 12.5 Å². The summed E-state index contributed by atoms with van der Waals surface area (Å²) in [5.74, 6) is -0.993. The number of hydrogen-bond acceptors (Lipinski definition) is 3. The number of hydrogen-bond donors (Lipinski definition) is 0. The molecule has 0 aromatic carbocycles. The van der Waals surface area contributed by atoms with E-state index in [1.807, 2.05) is 19.9 Å². The molecule has 3 aliphatic carbocycles. The lowest BCUT2D eigenvalue weighted by molar-refractivity contribution is -0.148. The molecule has 1 saturated carbocycles. The number of fused-ring (bicyclic) bond motifs is 2. The zero-order valence-corrected chi connectivity index (χ0v) is 8.45. The molecule has 0 N–H and O–H groups in total. The molecule has 0 heterocycles. The van der Waals surface area contributed by atoms with Gasteiger partial charge in [0.25, 0.3) is 0 Å². The van der Waals surface area contributed by atoms with Crippen LogP contribution in [-0.4, -0.2) is 24.3 Å². The van der Waals surface area contributed by atoms with Crippen LogP contribution >= 0.6 is 0 Å². The van der Waals surface area contributed by atoms with Crippen molar-refractivity contribution in [3.63, 3.8) is 0 Å². The van der Waals surface area contributed by atoms with Crippen LogP contribution in [0.4, 0.5) is 0 Å². The van der Waals surface area contributed by atoms with Gasteiger partial charge in [0.1, 0.15) is 0 Å². The van der Waals surface area contributed by atoms with Crippen LogP contribution in [0.5, 0.6) is 0 Å². The monoisotopic (exact) mass is 194 g/mol. The van der Waals surface area contributed by atoms with Crippen LogP contribution in [0.2, 0.25) is 0 Å². The van der Waals surface area contributed by atoms with E-state index in [-0.39, 0.29) is 29.5 Å². The second-order valence-corrected chi connectivity index (χ2v) is 3.95. The summed E-state index contributed by atoms with van der Waals surface area (Å²) in [7, 11) is 0. The lowest BCUT2D eigenvalue weighted by Crippen LogP contribution is -2.48. The fourth-order valence-electron chi connectivity index (χ4n) is 2.44. The first-order chi connectivity index (χ1) is 6.65. The van der Waals surface area contributed by atoms with Crippen LogP contribution < -0.4 is 0 Å². The van der Waals surface area contributed by atoms with E-state index in [4.69, 9.17) is 4.74 Å². The van der Waals surface area contributed by atoms with Gasteiger partial charge in [-0.3, -0.25) is 9.59 Å². The zero-order chi connectivity index (χ0) is 10.3. The second-order valence-electron chi connectivity index (χ2n) is 3.95. The van der Waals surface area contributed by atoms with Gasteiger partial charge in [-0.1, -0.05) is 11.6 Å². The van der Waals surface area contributed by atoms with Crippen LogP contribution in [0.25, 0.3) is 0 Å². The molecule has 0 unspecified atom stereocenters. The van der Waals surface area contributed by atoms with Crippen LogP contribution in [-0.2, 0) is 14.3 Å². The fraction of sp³-hybridized carbons (Fsp3) is 0.636. The third-order valence-electron chi connectivity index (χ3n) is 3.06. The number of allylic oxidation sites excluding steroid dienone is 1. The highest BCUT2D eigenvalue weighted by Gasteiger charge is 2.47. The molecular formula is C11H14O3. The highest BCUT2D eigenvalue weighted by atomic mass is 16.5. The molecule has 0 spiro atoms. The molecule has 1 fully saturated rings. The van der Waals surface area contributed by atoms with Crippen molar-refractivity contribution in [1.29, 1.82) is 0 Å². The van der Waals surface area contributed by atoms with Gasteiger partial charge in [-0.05, 0) is 20.3 Å². The molecule has 0 amide bonds. The summed E-state index contributed by atoms with van der Waals surface area (Å²) in [5.41, 5.74) is 1.00. The molecule has 3 atom stereocenters. The molecule has 3 heteroatoms. The Morgan fingerprint density at radius 2 is 2.14 bits per heavy atom. The molecule has 3 aliphatic rings. The van der Waals surface area contributed by atoms with Crippen molar-refractivity contribution in [3.05, 3.63) is 11.6 Å². The Bertz CT molecular complexity index is 316. The Labute approximate surface area is 83.1 Å². The highest BCUT2D eigenvalue weighted by Crippen LogP contribution is 2.37. The first kappa shape index (κ1) is 9.59. The number of carbonyl (C=O) groups excluding carboxylic acids is 2. The Morgan fingerprint density at radius 1 is 1.43 bits per heavy atom. The third-order valence-corrected chi connectivity index (χ3v) is 3.06. The molecular weight excluding hydrogens is 180 g/mol. The molecule has 0 aromatic rings. The minimum Gasteiger partial charge on any atom is -0.377 e. The van der Waals surface area contributed by atoms with E-state index in [2.05, 4.69) is 0 Å². The molecule has 3 rings (SSSR count). The summed E-state index contributed by atoms with van der Waals surface area (Å²) in [6.07, 6.45) is 2.53. The van der Waals surface area contributed by atoms with Crippen molar-refractivity contribution in [2.45, 2.75) is 26.4 Å². The predicted molar refractivity (Wildman–Crippen MR) is 50.8 cm³/mol. The molecule has 3 nitrogen and oxygen atoms in total. The van der Waals surface area contributed by atoms with Gasteiger partial charge < -0.3 is 4.74 Å². The Morgan fingerprint density at radius 3 is 2.71 bits per heavy atom. The van der Waals surface area contributed by atoms with E-state index in [1.54, 1.807) is 0 Å². The zero-order valence-electron chi connectivity index (χ0n) is 8.45. The first-order valence-corrected chi connectivity index (χ1v) is 5.03. The molecule has 0 aromatic heterocycles. The molecule has 14 heavy (non-hydrogen) atoms. The summed E-state index contributed by atoms with van der Waals surface area (Å²) in [5, 5.41) is 0. The molecule has 0 aliphatic heterocycles. The first-order valence-electron chi connectivity index (χ1n) is 5.03. The Hall–Kier alpha value is -0.960. The Balaban J connectivity index is 2.30. The number of ketones is 2. The highest BCUT2D eigenvalue weighted by molar-refractivity contribution is 6.41. The summed E-state index contributed by atoms with van der Waals surface area (Å²) in [6.45, 7) is 4.42. The molecule has 2 bridgehead atoms. The van der Waals surface area contributed by atoms with E-state index in [9.17, 15) is 9.59 Å². The van der Waals surface area contributed by atoms with E-state index in [1.165, 1.54) is 0 Å². The van der Waals surface area contributed by atoms with E-state index in [0.29, 0.717) is 13.0 Å². The molecule has 0 saturated heterocycles. The third kappa shape index (κ3) is 1.23. The van der Waals surface area contributed by atoms with Crippen LogP contribution in [0.3, 0.4) is 0 Å². The van der Waals surface area contributed by atoms with Crippen LogP contribution in [0.15, 0.2) is 11.6 Å². The maximum Gasteiger partial charge on any atom is 0.208 e. The number of ether oxygens (including phenoxy) is 1. The van der Waals surface area contributed by atoms with Gasteiger partial charge in [-0.15, -0.1) is 0 Å². The molecule has 0 radical (unpaired) electrons. The smallest absolute Gasteiger partial charge is 0.208 e. The lowest BCUT2D eigenvalue weighted by Gasteiger charge is -2.38. The van der Waals surface area contributed by atoms with Crippen molar-refractivity contribution in [2.75, 3.05) is 6.61 Å². The van der Waals surface area contributed by atoms with Crippen molar-refractivity contribution in [2.24, 2.45) is 11.8 Å². The average Bonchev–Trinajstić information content (AvgIpc) is 2.13. The van der Waals surface area contributed by atoms with E-state index in [0.717, 1.165) is 5.57 Å². The largest absolute Gasteiger partial charge is 0.377 e. The van der Waals surface area contributed by atoms with Gasteiger partial charge in [0.15, 0.2) is 0 Å². The maximum absolute atomic E-state index is 11.6. The Kier molecular flexibility index (Phi) is 2.27.